The van der Waals surface area contributed by atoms with Crippen LogP contribution in [0.4, 0.5) is 8.78 Å². The van der Waals surface area contributed by atoms with E-state index in [9.17, 15) is 13.9 Å². The summed E-state index contributed by atoms with van der Waals surface area (Å²) >= 11 is 0. The van der Waals surface area contributed by atoms with E-state index in [-0.39, 0.29) is 23.0 Å². The van der Waals surface area contributed by atoms with Gasteiger partial charge in [-0.3, -0.25) is 0 Å². The maximum absolute atomic E-state index is 13.1. The van der Waals surface area contributed by atoms with Crippen LogP contribution < -0.4 is 0 Å². The van der Waals surface area contributed by atoms with Crippen LogP contribution in [0.25, 0.3) is 22.8 Å². The van der Waals surface area contributed by atoms with Crippen molar-refractivity contribution in [3.63, 3.8) is 0 Å². The fourth-order valence-corrected chi connectivity index (χ4v) is 1.76. The fraction of sp³-hybridized carbons (Fsp3) is 0. The maximum atomic E-state index is 13.1. The fourth-order valence-electron chi connectivity index (χ4n) is 1.76. The summed E-state index contributed by atoms with van der Waals surface area (Å²) in [5, 5.41) is 13.4. The third-order valence-corrected chi connectivity index (χ3v) is 2.70. The van der Waals surface area contributed by atoms with E-state index in [0.717, 1.165) is 6.07 Å². The van der Waals surface area contributed by atoms with Gasteiger partial charge in [-0.25, -0.2) is 8.78 Å². The molecular formula is C14H8F2N2O2. The van der Waals surface area contributed by atoms with Crippen LogP contribution in [0.15, 0.2) is 47.0 Å². The number of benzene rings is 2. The highest BCUT2D eigenvalue weighted by Crippen LogP contribution is 2.29. The summed E-state index contributed by atoms with van der Waals surface area (Å²) in [5.41, 5.74) is 0.656. The van der Waals surface area contributed by atoms with Gasteiger partial charge in [-0.1, -0.05) is 17.3 Å². The summed E-state index contributed by atoms with van der Waals surface area (Å²) < 4.78 is 31.0. The molecule has 0 bridgehead atoms. The minimum atomic E-state index is -0.573. The molecule has 20 heavy (non-hydrogen) atoms. The lowest BCUT2D eigenvalue weighted by atomic mass is 10.2. The molecule has 3 aromatic rings. The topological polar surface area (TPSA) is 59.2 Å². The lowest BCUT2D eigenvalue weighted by Gasteiger charge is -1.98. The van der Waals surface area contributed by atoms with E-state index in [1.54, 1.807) is 6.07 Å². The minimum absolute atomic E-state index is 0.0294. The number of halogens is 2. The van der Waals surface area contributed by atoms with Gasteiger partial charge in [-0.05, 0) is 24.3 Å². The second-order valence-corrected chi connectivity index (χ2v) is 4.09. The number of hydrogen-bond donors (Lipinski definition) is 1. The molecule has 1 aromatic heterocycles. The Morgan fingerprint density at radius 3 is 2.55 bits per heavy atom. The second-order valence-electron chi connectivity index (χ2n) is 4.09. The first-order valence-corrected chi connectivity index (χ1v) is 5.72. The SMILES string of the molecule is Oc1cc(F)ccc1-c1nc(-c2cccc(F)c2)no1. The molecule has 0 aliphatic rings. The van der Waals surface area contributed by atoms with Crippen molar-refractivity contribution in [1.82, 2.24) is 10.1 Å². The van der Waals surface area contributed by atoms with Crippen molar-refractivity contribution in [1.29, 1.82) is 0 Å². The molecule has 2 aromatic carbocycles. The number of aromatic hydroxyl groups is 1. The van der Waals surface area contributed by atoms with Crippen LogP contribution in [0, 0.1) is 11.6 Å². The summed E-state index contributed by atoms with van der Waals surface area (Å²) in [5.74, 6) is -1.08. The highest BCUT2D eigenvalue weighted by Gasteiger charge is 2.14. The molecule has 0 spiro atoms. The van der Waals surface area contributed by atoms with Gasteiger partial charge in [0.05, 0.1) is 5.56 Å². The van der Waals surface area contributed by atoms with E-state index < -0.39 is 11.6 Å². The smallest absolute Gasteiger partial charge is 0.262 e. The van der Waals surface area contributed by atoms with Crippen LogP contribution in [0.2, 0.25) is 0 Å². The van der Waals surface area contributed by atoms with Crippen molar-refractivity contribution in [2.75, 3.05) is 0 Å². The summed E-state index contributed by atoms with van der Waals surface area (Å²) in [6.07, 6.45) is 0. The monoisotopic (exact) mass is 274 g/mol. The highest BCUT2D eigenvalue weighted by molar-refractivity contribution is 5.64. The summed E-state index contributed by atoms with van der Waals surface area (Å²) in [7, 11) is 0. The average Bonchev–Trinajstić information content (AvgIpc) is 2.88. The first-order valence-electron chi connectivity index (χ1n) is 5.72. The second kappa shape index (κ2) is 4.73. The Bertz CT molecular complexity index is 771. The lowest BCUT2D eigenvalue weighted by Crippen LogP contribution is -1.84. The van der Waals surface area contributed by atoms with E-state index in [0.29, 0.717) is 5.56 Å². The van der Waals surface area contributed by atoms with E-state index in [2.05, 4.69) is 10.1 Å². The third-order valence-electron chi connectivity index (χ3n) is 2.70. The average molecular weight is 274 g/mol. The molecule has 0 radical (unpaired) electrons. The molecule has 4 nitrogen and oxygen atoms in total. The zero-order valence-electron chi connectivity index (χ0n) is 10.0. The van der Waals surface area contributed by atoms with Gasteiger partial charge in [0, 0.05) is 11.6 Å². The van der Waals surface area contributed by atoms with Crippen LogP contribution in [0.5, 0.6) is 5.75 Å². The Hall–Kier alpha value is -2.76. The van der Waals surface area contributed by atoms with Gasteiger partial charge in [-0.15, -0.1) is 0 Å². The third kappa shape index (κ3) is 2.23. The molecule has 0 aliphatic carbocycles. The Labute approximate surface area is 112 Å². The number of phenolic OH excluding ortho intramolecular Hbond substituents is 1. The molecule has 1 N–H and O–H groups in total. The van der Waals surface area contributed by atoms with Crippen LogP contribution in [-0.4, -0.2) is 15.2 Å². The summed E-state index contributed by atoms with van der Waals surface area (Å²) in [6, 6.07) is 9.16. The zero-order chi connectivity index (χ0) is 14.1. The quantitative estimate of drug-likeness (QED) is 0.778. The first kappa shape index (κ1) is 12.3. The molecular weight excluding hydrogens is 266 g/mol. The van der Waals surface area contributed by atoms with E-state index in [1.807, 2.05) is 0 Å². The molecule has 0 unspecified atom stereocenters. The van der Waals surface area contributed by atoms with Crippen LogP contribution >= 0.6 is 0 Å². The number of hydrogen-bond acceptors (Lipinski definition) is 4. The van der Waals surface area contributed by atoms with Crippen LogP contribution in [-0.2, 0) is 0 Å². The highest BCUT2D eigenvalue weighted by atomic mass is 19.1. The molecule has 0 aliphatic heterocycles. The number of aromatic nitrogens is 2. The standard InChI is InChI=1S/C14H8F2N2O2/c15-9-3-1-2-8(6-9)13-17-14(20-18-13)11-5-4-10(16)7-12(11)19/h1-7,19H. The predicted octanol–water partition coefficient (Wildman–Crippen LogP) is 3.39. The minimum Gasteiger partial charge on any atom is -0.507 e. The van der Waals surface area contributed by atoms with E-state index in [1.165, 1.54) is 30.3 Å². The van der Waals surface area contributed by atoms with Gasteiger partial charge in [0.1, 0.15) is 17.4 Å². The Morgan fingerprint density at radius 1 is 1.00 bits per heavy atom. The van der Waals surface area contributed by atoms with Gasteiger partial charge in [0.25, 0.3) is 5.89 Å². The Balaban J connectivity index is 2.02. The molecule has 1 heterocycles. The van der Waals surface area contributed by atoms with Gasteiger partial charge in [0.15, 0.2) is 0 Å². The summed E-state index contributed by atoms with van der Waals surface area (Å²) in [4.78, 5) is 4.06. The van der Waals surface area contributed by atoms with E-state index >= 15 is 0 Å². The molecule has 0 amide bonds. The van der Waals surface area contributed by atoms with Crippen molar-refractivity contribution >= 4 is 0 Å². The number of phenols is 1. The molecule has 6 heteroatoms. The van der Waals surface area contributed by atoms with Crippen LogP contribution in [0.1, 0.15) is 0 Å². The van der Waals surface area contributed by atoms with Crippen molar-refractivity contribution in [3.8, 4) is 28.6 Å². The van der Waals surface area contributed by atoms with Gasteiger partial charge >= 0.3 is 0 Å². The van der Waals surface area contributed by atoms with Crippen molar-refractivity contribution < 1.29 is 18.4 Å². The predicted molar refractivity (Wildman–Crippen MR) is 66.8 cm³/mol. The van der Waals surface area contributed by atoms with Gasteiger partial charge in [0.2, 0.25) is 5.82 Å². The largest absolute Gasteiger partial charge is 0.507 e. The molecule has 0 saturated heterocycles. The van der Waals surface area contributed by atoms with Crippen LogP contribution in [0.3, 0.4) is 0 Å². The normalized spacial score (nSPS) is 10.7. The molecule has 0 fully saturated rings. The lowest BCUT2D eigenvalue weighted by molar-refractivity contribution is 0.425. The maximum Gasteiger partial charge on any atom is 0.262 e. The van der Waals surface area contributed by atoms with Crippen molar-refractivity contribution in [3.05, 3.63) is 54.1 Å². The molecule has 3 rings (SSSR count). The molecule has 0 saturated carbocycles. The Morgan fingerprint density at radius 2 is 1.80 bits per heavy atom. The molecule has 100 valence electrons. The van der Waals surface area contributed by atoms with Crippen molar-refractivity contribution in [2.24, 2.45) is 0 Å². The molecule has 0 atom stereocenters. The van der Waals surface area contributed by atoms with Gasteiger partial charge in [-0.2, -0.15) is 4.98 Å². The van der Waals surface area contributed by atoms with E-state index in [4.69, 9.17) is 4.52 Å². The number of rotatable bonds is 2. The Kier molecular flexibility index (Phi) is 2.90. The van der Waals surface area contributed by atoms with Gasteiger partial charge < -0.3 is 9.63 Å². The number of nitrogens with zero attached hydrogens (tertiary/aromatic N) is 2. The first-order chi connectivity index (χ1) is 9.63. The summed E-state index contributed by atoms with van der Waals surface area (Å²) in [6.45, 7) is 0. The van der Waals surface area contributed by atoms with Crippen molar-refractivity contribution in [2.45, 2.75) is 0 Å². The zero-order valence-corrected chi connectivity index (χ0v) is 10.0.